The molecule has 1 fully saturated rings. The van der Waals surface area contributed by atoms with Crippen LogP contribution in [0.15, 0.2) is 54.9 Å². The minimum absolute atomic E-state index is 0.127. The van der Waals surface area contributed by atoms with Crippen LogP contribution in [0.4, 0.5) is 5.69 Å². The van der Waals surface area contributed by atoms with E-state index in [1.165, 1.54) is 0 Å². The average molecular weight is 321 g/mol. The molecule has 1 aliphatic heterocycles. The molecule has 1 unspecified atom stereocenters. The summed E-state index contributed by atoms with van der Waals surface area (Å²) in [5, 5.41) is 9.38. The van der Waals surface area contributed by atoms with Crippen molar-refractivity contribution in [3.05, 3.63) is 60.4 Å². The maximum atomic E-state index is 12.4. The van der Waals surface area contributed by atoms with Gasteiger partial charge in [-0.05, 0) is 35.7 Å². The zero-order valence-electron chi connectivity index (χ0n) is 13.3. The minimum Gasteiger partial charge on any atom is -0.376 e. The number of carbonyl (C=O) groups is 1. The van der Waals surface area contributed by atoms with Crippen LogP contribution >= 0.6 is 0 Å². The van der Waals surface area contributed by atoms with E-state index in [4.69, 9.17) is 4.74 Å². The molecule has 2 aromatic carbocycles. The highest BCUT2D eigenvalue weighted by molar-refractivity contribution is 6.06. The summed E-state index contributed by atoms with van der Waals surface area (Å²) in [5.74, 6) is -0.127. The number of ether oxygens (including phenoxy) is 1. The first-order valence-corrected chi connectivity index (χ1v) is 8.22. The molecule has 3 aromatic rings. The molecule has 1 aromatic heterocycles. The van der Waals surface area contributed by atoms with E-state index in [0.29, 0.717) is 11.3 Å². The van der Waals surface area contributed by atoms with Crippen molar-refractivity contribution < 1.29 is 9.53 Å². The Morgan fingerprint density at radius 1 is 1.25 bits per heavy atom. The van der Waals surface area contributed by atoms with Crippen LogP contribution in [0.3, 0.4) is 0 Å². The van der Waals surface area contributed by atoms with Gasteiger partial charge in [-0.25, -0.2) is 0 Å². The van der Waals surface area contributed by atoms with Crippen molar-refractivity contribution in [1.29, 1.82) is 0 Å². The Morgan fingerprint density at radius 3 is 2.96 bits per heavy atom. The Hall–Kier alpha value is -2.66. The number of carbonyl (C=O) groups excluding carboxylic acids is 1. The average Bonchev–Trinajstić information content (AvgIpc) is 3.27. The van der Waals surface area contributed by atoms with E-state index in [9.17, 15) is 4.79 Å². The normalized spacial score (nSPS) is 17.2. The lowest BCUT2D eigenvalue weighted by molar-refractivity contribution is 0.0940. The first-order valence-electron chi connectivity index (χ1n) is 8.22. The highest BCUT2D eigenvalue weighted by Crippen LogP contribution is 2.18. The molecule has 0 bridgehead atoms. The third-order valence-electron chi connectivity index (χ3n) is 4.32. The first kappa shape index (κ1) is 14.9. The van der Waals surface area contributed by atoms with Crippen LogP contribution in [0.25, 0.3) is 10.8 Å². The summed E-state index contributed by atoms with van der Waals surface area (Å²) in [4.78, 5) is 12.4. The number of hydrogen-bond donors (Lipinski definition) is 1. The summed E-state index contributed by atoms with van der Waals surface area (Å²) in [6, 6.07) is 13.7. The number of aromatic nitrogens is 2. The Balaban J connectivity index is 1.45. The summed E-state index contributed by atoms with van der Waals surface area (Å²) < 4.78 is 7.43. The lowest BCUT2D eigenvalue weighted by atomic mass is 10.1. The molecular weight excluding hydrogens is 302 g/mol. The van der Waals surface area contributed by atoms with Crippen LogP contribution in [-0.2, 0) is 11.3 Å². The van der Waals surface area contributed by atoms with Crippen LogP contribution in [0.5, 0.6) is 0 Å². The predicted octanol–water partition coefficient (Wildman–Crippen LogP) is 3.47. The molecule has 5 heteroatoms. The van der Waals surface area contributed by atoms with Gasteiger partial charge in [0.05, 0.1) is 24.5 Å². The van der Waals surface area contributed by atoms with Gasteiger partial charge in [0.2, 0.25) is 0 Å². The predicted molar refractivity (Wildman–Crippen MR) is 93.1 cm³/mol. The molecule has 1 aliphatic rings. The maximum Gasteiger partial charge on any atom is 0.255 e. The molecule has 0 spiro atoms. The highest BCUT2D eigenvalue weighted by atomic mass is 16.5. The maximum absolute atomic E-state index is 12.4. The van der Waals surface area contributed by atoms with E-state index in [-0.39, 0.29) is 12.0 Å². The van der Waals surface area contributed by atoms with Gasteiger partial charge in [-0.15, -0.1) is 0 Å². The van der Waals surface area contributed by atoms with E-state index < -0.39 is 0 Å². The van der Waals surface area contributed by atoms with Crippen LogP contribution in [0, 0.1) is 0 Å². The molecule has 0 aliphatic carbocycles. The van der Waals surface area contributed by atoms with Crippen LogP contribution < -0.4 is 5.32 Å². The summed E-state index contributed by atoms with van der Waals surface area (Å²) >= 11 is 0. The second kappa shape index (κ2) is 6.45. The molecule has 5 nitrogen and oxygen atoms in total. The van der Waals surface area contributed by atoms with E-state index in [1.807, 2.05) is 53.3 Å². The smallest absolute Gasteiger partial charge is 0.255 e. The number of nitrogens with zero attached hydrogens (tertiary/aromatic N) is 2. The zero-order chi connectivity index (χ0) is 16.4. The van der Waals surface area contributed by atoms with E-state index in [0.717, 1.165) is 36.8 Å². The second-order valence-corrected chi connectivity index (χ2v) is 6.10. The third kappa shape index (κ3) is 3.16. The molecule has 0 radical (unpaired) electrons. The fraction of sp³-hybridized carbons (Fsp3) is 0.263. The standard InChI is InChI=1S/C19H19N3O2/c23-19(16-8-7-14-4-1-2-5-15(14)10-16)21-17-11-20-22(12-17)13-18-6-3-9-24-18/h1-2,4-5,7-8,10-12,18H,3,6,9,13H2,(H,21,23). The van der Waals surface area contributed by atoms with Gasteiger partial charge < -0.3 is 10.1 Å². The molecule has 2 heterocycles. The van der Waals surface area contributed by atoms with E-state index in [2.05, 4.69) is 10.4 Å². The number of nitrogens with one attached hydrogen (secondary N) is 1. The highest BCUT2D eigenvalue weighted by Gasteiger charge is 2.16. The molecular formula is C19H19N3O2. The summed E-state index contributed by atoms with van der Waals surface area (Å²) in [6.07, 6.45) is 5.93. The van der Waals surface area contributed by atoms with Gasteiger partial charge in [0.25, 0.3) is 5.91 Å². The number of hydrogen-bond acceptors (Lipinski definition) is 3. The SMILES string of the molecule is O=C(Nc1cnn(CC2CCCO2)c1)c1ccc2ccccc2c1. The number of benzene rings is 2. The van der Waals surface area contributed by atoms with Crippen molar-refractivity contribution in [2.75, 3.05) is 11.9 Å². The van der Waals surface area contributed by atoms with Crippen molar-refractivity contribution in [3.8, 4) is 0 Å². The van der Waals surface area contributed by atoms with Crippen molar-refractivity contribution in [2.45, 2.75) is 25.5 Å². The molecule has 4 rings (SSSR count). The topological polar surface area (TPSA) is 56.2 Å². The lowest BCUT2D eigenvalue weighted by Crippen LogP contribution is -2.15. The Kier molecular flexibility index (Phi) is 4.01. The number of amides is 1. The summed E-state index contributed by atoms with van der Waals surface area (Å²) in [5.41, 5.74) is 1.34. The molecule has 122 valence electrons. The van der Waals surface area contributed by atoms with Crippen molar-refractivity contribution in [2.24, 2.45) is 0 Å². The Morgan fingerprint density at radius 2 is 2.12 bits per heavy atom. The fourth-order valence-electron chi connectivity index (χ4n) is 3.06. The van der Waals surface area contributed by atoms with Gasteiger partial charge in [0.1, 0.15) is 0 Å². The van der Waals surface area contributed by atoms with Gasteiger partial charge in [-0.1, -0.05) is 30.3 Å². The monoisotopic (exact) mass is 321 g/mol. The third-order valence-corrected chi connectivity index (χ3v) is 4.32. The van der Waals surface area contributed by atoms with Crippen LogP contribution in [0.2, 0.25) is 0 Å². The van der Waals surface area contributed by atoms with Gasteiger partial charge in [-0.2, -0.15) is 5.10 Å². The van der Waals surface area contributed by atoms with Gasteiger partial charge in [-0.3, -0.25) is 9.48 Å². The second-order valence-electron chi connectivity index (χ2n) is 6.10. The van der Waals surface area contributed by atoms with Crippen molar-refractivity contribution >= 4 is 22.4 Å². The molecule has 24 heavy (non-hydrogen) atoms. The Bertz CT molecular complexity index is 866. The van der Waals surface area contributed by atoms with Crippen molar-refractivity contribution in [3.63, 3.8) is 0 Å². The van der Waals surface area contributed by atoms with Gasteiger partial charge in [0.15, 0.2) is 0 Å². The molecule has 1 amide bonds. The molecule has 1 N–H and O–H groups in total. The molecule has 1 saturated heterocycles. The van der Waals surface area contributed by atoms with E-state index >= 15 is 0 Å². The molecule has 1 atom stereocenters. The summed E-state index contributed by atoms with van der Waals surface area (Å²) in [7, 11) is 0. The lowest BCUT2D eigenvalue weighted by Gasteiger charge is -2.08. The zero-order valence-corrected chi connectivity index (χ0v) is 13.3. The quantitative estimate of drug-likeness (QED) is 0.800. The largest absolute Gasteiger partial charge is 0.376 e. The van der Waals surface area contributed by atoms with Crippen LogP contribution in [-0.4, -0.2) is 28.4 Å². The van der Waals surface area contributed by atoms with Gasteiger partial charge >= 0.3 is 0 Å². The minimum atomic E-state index is -0.127. The van der Waals surface area contributed by atoms with Gasteiger partial charge in [0, 0.05) is 18.4 Å². The first-order chi connectivity index (χ1) is 11.8. The number of rotatable bonds is 4. The molecule has 0 saturated carbocycles. The number of fused-ring (bicyclic) bond motifs is 1. The van der Waals surface area contributed by atoms with E-state index in [1.54, 1.807) is 6.20 Å². The summed E-state index contributed by atoms with van der Waals surface area (Å²) in [6.45, 7) is 1.56. The Labute approximate surface area is 140 Å². The van der Waals surface area contributed by atoms with Crippen molar-refractivity contribution in [1.82, 2.24) is 9.78 Å². The fourth-order valence-corrected chi connectivity index (χ4v) is 3.06. The van der Waals surface area contributed by atoms with Crippen LogP contribution in [0.1, 0.15) is 23.2 Å². The number of anilines is 1.